The third kappa shape index (κ3) is 2.75. The van der Waals surface area contributed by atoms with Crippen LogP contribution >= 0.6 is 0 Å². The monoisotopic (exact) mass is 275 g/mol. The van der Waals surface area contributed by atoms with Gasteiger partial charge in [0.05, 0.1) is 12.7 Å². The van der Waals surface area contributed by atoms with Gasteiger partial charge >= 0.3 is 0 Å². The Bertz CT molecular complexity index is 561. The number of hydrogen-bond donors (Lipinski definition) is 0. The summed E-state index contributed by atoms with van der Waals surface area (Å²) in [5, 5.41) is 8.29. The minimum Gasteiger partial charge on any atom is -0.338 e. The summed E-state index contributed by atoms with van der Waals surface area (Å²) < 4.78 is 7.20. The molecular formula is C14H21N5O. The SMILES string of the molecule is CCCc1noc(CN2CCCC2c2cnn(C)c2)n1. The Morgan fingerprint density at radius 2 is 2.35 bits per heavy atom. The Labute approximate surface area is 118 Å². The molecule has 1 saturated heterocycles. The Hall–Kier alpha value is -1.69. The van der Waals surface area contributed by atoms with Gasteiger partial charge in [0.25, 0.3) is 0 Å². The second-order valence-corrected chi connectivity index (χ2v) is 5.43. The van der Waals surface area contributed by atoms with Crippen LogP contribution in [0, 0.1) is 0 Å². The largest absolute Gasteiger partial charge is 0.338 e. The highest BCUT2D eigenvalue weighted by Gasteiger charge is 2.28. The predicted octanol–water partition coefficient (Wildman–Crippen LogP) is 2.09. The number of likely N-dealkylation sites (tertiary alicyclic amines) is 1. The maximum Gasteiger partial charge on any atom is 0.240 e. The van der Waals surface area contributed by atoms with Crippen LogP contribution in [0.1, 0.15) is 49.5 Å². The smallest absolute Gasteiger partial charge is 0.240 e. The maximum atomic E-state index is 5.34. The van der Waals surface area contributed by atoms with Crippen LogP contribution in [0.25, 0.3) is 0 Å². The summed E-state index contributed by atoms with van der Waals surface area (Å²) in [6.45, 7) is 3.93. The molecule has 0 aromatic carbocycles. The molecule has 0 amide bonds. The van der Waals surface area contributed by atoms with Crippen molar-refractivity contribution in [3.8, 4) is 0 Å². The molecule has 0 aliphatic carbocycles. The lowest BCUT2D eigenvalue weighted by molar-refractivity contribution is 0.212. The lowest BCUT2D eigenvalue weighted by atomic mass is 10.1. The maximum absolute atomic E-state index is 5.34. The molecule has 1 aliphatic rings. The van der Waals surface area contributed by atoms with Gasteiger partial charge in [0.15, 0.2) is 5.82 Å². The zero-order valence-electron chi connectivity index (χ0n) is 12.1. The van der Waals surface area contributed by atoms with E-state index in [1.54, 1.807) is 0 Å². The van der Waals surface area contributed by atoms with Gasteiger partial charge in [-0.25, -0.2) is 0 Å². The van der Waals surface area contributed by atoms with E-state index in [0.717, 1.165) is 37.6 Å². The molecule has 0 radical (unpaired) electrons. The Morgan fingerprint density at radius 3 is 3.10 bits per heavy atom. The van der Waals surface area contributed by atoms with Gasteiger partial charge in [0.2, 0.25) is 5.89 Å². The summed E-state index contributed by atoms with van der Waals surface area (Å²) >= 11 is 0. The molecule has 0 N–H and O–H groups in total. The fraction of sp³-hybridized carbons (Fsp3) is 0.643. The van der Waals surface area contributed by atoms with E-state index in [1.165, 1.54) is 18.4 Å². The third-order valence-electron chi connectivity index (χ3n) is 3.80. The first kappa shape index (κ1) is 13.3. The van der Waals surface area contributed by atoms with Gasteiger partial charge in [0.1, 0.15) is 0 Å². The average molecular weight is 275 g/mol. The highest BCUT2D eigenvalue weighted by molar-refractivity contribution is 5.12. The van der Waals surface area contributed by atoms with Crippen LogP contribution in [-0.4, -0.2) is 31.4 Å². The van der Waals surface area contributed by atoms with Crippen LogP contribution in [0.15, 0.2) is 16.9 Å². The van der Waals surface area contributed by atoms with E-state index in [0.29, 0.717) is 6.04 Å². The van der Waals surface area contributed by atoms with Crippen molar-refractivity contribution in [1.29, 1.82) is 0 Å². The molecule has 1 fully saturated rings. The summed E-state index contributed by atoms with van der Waals surface area (Å²) in [4.78, 5) is 6.86. The average Bonchev–Trinajstić information content (AvgIpc) is 3.12. The molecule has 0 bridgehead atoms. The van der Waals surface area contributed by atoms with Gasteiger partial charge in [-0.15, -0.1) is 0 Å². The van der Waals surface area contributed by atoms with Crippen LogP contribution in [-0.2, 0) is 20.0 Å². The van der Waals surface area contributed by atoms with Crippen molar-refractivity contribution >= 4 is 0 Å². The van der Waals surface area contributed by atoms with Crippen molar-refractivity contribution < 1.29 is 4.52 Å². The topological polar surface area (TPSA) is 60.0 Å². The zero-order chi connectivity index (χ0) is 13.9. The van der Waals surface area contributed by atoms with Crippen molar-refractivity contribution in [3.05, 3.63) is 29.7 Å². The highest BCUT2D eigenvalue weighted by Crippen LogP contribution is 2.32. The molecule has 0 saturated carbocycles. The van der Waals surface area contributed by atoms with E-state index in [1.807, 2.05) is 17.9 Å². The Balaban J connectivity index is 1.69. The van der Waals surface area contributed by atoms with Crippen molar-refractivity contribution in [2.75, 3.05) is 6.54 Å². The van der Waals surface area contributed by atoms with E-state index in [4.69, 9.17) is 4.52 Å². The van der Waals surface area contributed by atoms with Crippen molar-refractivity contribution in [2.24, 2.45) is 7.05 Å². The fourth-order valence-electron chi connectivity index (χ4n) is 2.86. The van der Waals surface area contributed by atoms with E-state index in [-0.39, 0.29) is 0 Å². The second-order valence-electron chi connectivity index (χ2n) is 5.43. The number of aryl methyl sites for hydroxylation is 2. The lowest BCUT2D eigenvalue weighted by Crippen LogP contribution is -2.22. The van der Waals surface area contributed by atoms with E-state index >= 15 is 0 Å². The normalized spacial score (nSPS) is 19.8. The molecule has 20 heavy (non-hydrogen) atoms. The molecule has 3 rings (SSSR count). The predicted molar refractivity (Wildman–Crippen MR) is 73.9 cm³/mol. The van der Waals surface area contributed by atoms with Crippen LogP contribution in [0.3, 0.4) is 0 Å². The molecule has 3 heterocycles. The summed E-state index contributed by atoms with van der Waals surface area (Å²) in [5.41, 5.74) is 1.28. The first-order chi connectivity index (χ1) is 9.76. The van der Waals surface area contributed by atoms with Crippen LogP contribution in [0.2, 0.25) is 0 Å². The fourth-order valence-corrected chi connectivity index (χ4v) is 2.86. The van der Waals surface area contributed by atoms with Crippen molar-refractivity contribution in [2.45, 2.75) is 45.2 Å². The first-order valence-electron chi connectivity index (χ1n) is 7.30. The number of nitrogens with zero attached hydrogens (tertiary/aromatic N) is 5. The van der Waals surface area contributed by atoms with Gasteiger partial charge in [-0.2, -0.15) is 10.1 Å². The third-order valence-corrected chi connectivity index (χ3v) is 3.80. The summed E-state index contributed by atoms with van der Waals surface area (Å²) in [6, 6.07) is 0.422. The molecule has 6 heteroatoms. The zero-order valence-corrected chi connectivity index (χ0v) is 12.1. The van der Waals surface area contributed by atoms with Gasteiger partial charge in [0, 0.05) is 31.3 Å². The minimum atomic E-state index is 0.422. The number of rotatable bonds is 5. The summed E-state index contributed by atoms with van der Waals surface area (Å²) in [5.74, 6) is 1.55. The molecule has 1 aliphatic heterocycles. The second kappa shape index (κ2) is 5.75. The lowest BCUT2D eigenvalue weighted by Gasteiger charge is -2.21. The van der Waals surface area contributed by atoms with Gasteiger partial charge in [-0.1, -0.05) is 12.1 Å². The van der Waals surface area contributed by atoms with Gasteiger partial charge in [-0.05, 0) is 25.8 Å². The molecule has 1 unspecified atom stereocenters. The van der Waals surface area contributed by atoms with Crippen LogP contribution < -0.4 is 0 Å². The number of aromatic nitrogens is 4. The number of hydrogen-bond acceptors (Lipinski definition) is 5. The van der Waals surface area contributed by atoms with E-state index in [2.05, 4.69) is 33.3 Å². The van der Waals surface area contributed by atoms with Crippen molar-refractivity contribution in [1.82, 2.24) is 24.8 Å². The molecule has 6 nitrogen and oxygen atoms in total. The van der Waals surface area contributed by atoms with Gasteiger partial charge < -0.3 is 4.52 Å². The molecule has 108 valence electrons. The summed E-state index contributed by atoms with van der Waals surface area (Å²) in [7, 11) is 1.96. The van der Waals surface area contributed by atoms with Crippen LogP contribution in [0.5, 0.6) is 0 Å². The Morgan fingerprint density at radius 1 is 1.45 bits per heavy atom. The first-order valence-corrected chi connectivity index (χ1v) is 7.30. The standard InChI is InChI=1S/C14H21N5O/c1-3-5-13-16-14(20-17-13)10-19-7-4-6-12(19)11-8-15-18(2)9-11/h8-9,12H,3-7,10H2,1-2H3. The van der Waals surface area contributed by atoms with Crippen LogP contribution in [0.4, 0.5) is 0 Å². The van der Waals surface area contributed by atoms with Crippen molar-refractivity contribution in [3.63, 3.8) is 0 Å². The minimum absolute atomic E-state index is 0.422. The van der Waals surface area contributed by atoms with E-state index in [9.17, 15) is 0 Å². The molecule has 0 spiro atoms. The van der Waals surface area contributed by atoms with Gasteiger partial charge in [-0.3, -0.25) is 9.58 Å². The molecule has 2 aromatic heterocycles. The highest BCUT2D eigenvalue weighted by atomic mass is 16.5. The van der Waals surface area contributed by atoms with E-state index < -0.39 is 0 Å². The quantitative estimate of drug-likeness (QED) is 0.836. The molecule has 2 aromatic rings. The summed E-state index contributed by atoms with van der Waals surface area (Å²) in [6.07, 6.45) is 8.35. The molecular weight excluding hydrogens is 254 g/mol. The molecule has 1 atom stereocenters. The Kier molecular flexibility index (Phi) is 3.82.